The van der Waals surface area contributed by atoms with Crippen LogP contribution in [0.5, 0.6) is 0 Å². The number of fused-ring (bicyclic) bond motifs is 1. The third kappa shape index (κ3) is 5.66. The first kappa shape index (κ1) is 20.7. The van der Waals surface area contributed by atoms with E-state index in [0.717, 1.165) is 29.5 Å². The third-order valence-electron chi connectivity index (χ3n) is 4.15. The molecule has 0 bridgehead atoms. The summed E-state index contributed by atoms with van der Waals surface area (Å²) in [5.74, 6) is -0.490. The van der Waals surface area contributed by atoms with Gasteiger partial charge in [-0.3, -0.25) is 9.59 Å². The van der Waals surface area contributed by atoms with Crippen molar-refractivity contribution >= 4 is 34.9 Å². The van der Waals surface area contributed by atoms with Crippen molar-refractivity contribution in [3.63, 3.8) is 0 Å². The predicted octanol–water partition coefficient (Wildman–Crippen LogP) is 5.44. The molecule has 2 aromatic carbocycles. The van der Waals surface area contributed by atoms with Gasteiger partial charge in [0.1, 0.15) is 0 Å². The summed E-state index contributed by atoms with van der Waals surface area (Å²) in [5, 5.41) is 3.32. The summed E-state index contributed by atoms with van der Waals surface area (Å²) in [7, 11) is 0. The number of ketones is 1. The van der Waals surface area contributed by atoms with E-state index in [0.29, 0.717) is 5.02 Å². The lowest BCUT2D eigenvalue weighted by atomic mass is 10.1. The van der Waals surface area contributed by atoms with Crippen LogP contribution in [0.2, 0.25) is 5.02 Å². The minimum absolute atomic E-state index is 0.200. The van der Waals surface area contributed by atoms with Gasteiger partial charge in [0.25, 0.3) is 0 Å². The van der Waals surface area contributed by atoms with Gasteiger partial charge in [-0.25, -0.2) is 0 Å². The second-order valence-electron chi connectivity index (χ2n) is 5.98. The molecule has 0 radical (unpaired) electrons. The Hall–Kier alpha value is -2.65. The number of halogens is 1. The van der Waals surface area contributed by atoms with Crippen LogP contribution >= 0.6 is 11.6 Å². The van der Waals surface area contributed by atoms with Gasteiger partial charge in [0, 0.05) is 18.0 Å². The molecule has 0 spiro atoms. The molecule has 0 aliphatic heterocycles. The van der Waals surface area contributed by atoms with Gasteiger partial charge >= 0.3 is 0 Å². The van der Waals surface area contributed by atoms with Crippen LogP contribution in [0.4, 0.5) is 0 Å². The standard InChI is InChI=1S/C21H18ClNO2.C2H6/c1-14(24)20(12-15-6-10-18(22)11-7-15)23-21(25)13-17-9-8-16-4-2-3-5-19(16)17;1-2/h2-7,10-13H,8-9H2,1H3,(H,23,25);1-2H3/b17-13+,20-12+;. The van der Waals surface area contributed by atoms with Gasteiger partial charge in [-0.15, -0.1) is 0 Å². The highest BCUT2D eigenvalue weighted by molar-refractivity contribution is 6.30. The summed E-state index contributed by atoms with van der Waals surface area (Å²) in [6.07, 6.45) is 5.01. The molecule has 0 fully saturated rings. The first-order valence-corrected chi connectivity index (χ1v) is 9.49. The van der Waals surface area contributed by atoms with Crippen LogP contribution in [0, 0.1) is 0 Å². The van der Waals surface area contributed by atoms with Gasteiger partial charge in [-0.05, 0) is 53.3 Å². The van der Waals surface area contributed by atoms with Crippen LogP contribution in [0.3, 0.4) is 0 Å². The fourth-order valence-corrected chi connectivity index (χ4v) is 3.01. The molecule has 1 amide bonds. The number of nitrogens with one attached hydrogen (secondary N) is 1. The van der Waals surface area contributed by atoms with Crippen LogP contribution in [0.1, 0.15) is 43.9 Å². The molecule has 1 aliphatic rings. The molecule has 0 unspecified atom stereocenters. The Bertz CT molecular complexity index is 880. The van der Waals surface area contributed by atoms with Crippen molar-refractivity contribution in [2.75, 3.05) is 0 Å². The van der Waals surface area contributed by atoms with Gasteiger partial charge in [-0.2, -0.15) is 0 Å². The van der Waals surface area contributed by atoms with E-state index in [1.54, 1.807) is 36.4 Å². The van der Waals surface area contributed by atoms with E-state index in [4.69, 9.17) is 11.6 Å². The highest BCUT2D eigenvalue weighted by Gasteiger charge is 2.17. The average molecular weight is 382 g/mol. The van der Waals surface area contributed by atoms with Crippen molar-refractivity contribution in [3.8, 4) is 0 Å². The van der Waals surface area contributed by atoms with Crippen LogP contribution in [0.25, 0.3) is 11.6 Å². The zero-order valence-electron chi connectivity index (χ0n) is 15.9. The van der Waals surface area contributed by atoms with Gasteiger partial charge < -0.3 is 5.32 Å². The van der Waals surface area contributed by atoms with E-state index >= 15 is 0 Å². The van der Waals surface area contributed by atoms with Crippen molar-refractivity contribution < 1.29 is 9.59 Å². The van der Waals surface area contributed by atoms with E-state index in [-0.39, 0.29) is 17.4 Å². The molecule has 1 aliphatic carbocycles. The van der Waals surface area contributed by atoms with Gasteiger partial charge in [0.2, 0.25) is 5.91 Å². The molecule has 3 nitrogen and oxygen atoms in total. The summed E-state index contributed by atoms with van der Waals surface area (Å²) in [6.45, 7) is 5.43. The minimum Gasteiger partial charge on any atom is -0.319 e. The molecular weight excluding hydrogens is 358 g/mol. The van der Waals surface area contributed by atoms with Crippen LogP contribution in [0.15, 0.2) is 60.3 Å². The van der Waals surface area contributed by atoms with E-state index < -0.39 is 0 Å². The molecular formula is C23H24ClNO2. The fraction of sp³-hybridized carbons (Fsp3) is 0.217. The monoisotopic (exact) mass is 381 g/mol. The Labute approximate surface area is 165 Å². The number of hydrogen-bond acceptors (Lipinski definition) is 2. The van der Waals surface area contributed by atoms with Crippen molar-refractivity contribution in [2.45, 2.75) is 33.6 Å². The van der Waals surface area contributed by atoms with E-state index in [1.165, 1.54) is 12.5 Å². The summed E-state index contributed by atoms with van der Waals surface area (Å²) in [5.41, 5.74) is 4.43. The highest BCUT2D eigenvalue weighted by Crippen LogP contribution is 2.31. The lowest BCUT2D eigenvalue weighted by Gasteiger charge is -2.06. The number of amides is 1. The maximum absolute atomic E-state index is 12.4. The zero-order chi connectivity index (χ0) is 19.8. The SMILES string of the molecule is CC.CC(=O)/C(=C\c1ccc(Cl)cc1)NC(=O)/C=C1\CCc2ccccc21. The molecule has 0 saturated heterocycles. The second kappa shape index (κ2) is 9.89. The van der Waals surface area contributed by atoms with Gasteiger partial charge in [0.15, 0.2) is 5.78 Å². The van der Waals surface area contributed by atoms with Gasteiger partial charge in [-0.1, -0.05) is 61.8 Å². The maximum Gasteiger partial charge on any atom is 0.248 e. The van der Waals surface area contributed by atoms with Gasteiger partial charge in [0.05, 0.1) is 5.70 Å². The maximum atomic E-state index is 12.4. The molecule has 0 saturated carbocycles. The molecule has 1 N–H and O–H groups in total. The first-order chi connectivity index (χ1) is 13.0. The summed E-state index contributed by atoms with van der Waals surface area (Å²) >= 11 is 5.87. The molecule has 2 aromatic rings. The number of allylic oxidation sites excluding steroid dienone is 2. The molecule has 27 heavy (non-hydrogen) atoms. The number of carbonyl (C=O) groups excluding carboxylic acids is 2. The second-order valence-corrected chi connectivity index (χ2v) is 6.42. The molecule has 140 valence electrons. The zero-order valence-corrected chi connectivity index (χ0v) is 16.6. The van der Waals surface area contributed by atoms with Crippen LogP contribution in [-0.2, 0) is 16.0 Å². The van der Waals surface area contributed by atoms with E-state index in [1.807, 2.05) is 32.0 Å². The molecule has 0 heterocycles. The lowest BCUT2D eigenvalue weighted by Crippen LogP contribution is -2.24. The Balaban J connectivity index is 0.00000126. The Morgan fingerprint density at radius 1 is 1.00 bits per heavy atom. The Morgan fingerprint density at radius 3 is 2.33 bits per heavy atom. The lowest BCUT2D eigenvalue weighted by molar-refractivity contribution is -0.119. The number of carbonyl (C=O) groups is 2. The largest absolute Gasteiger partial charge is 0.319 e. The number of aryl methyl sites for hydroxylation is 1. The van der Waals surface area contributed by atoms with Crippen LogP contribution in [-0.4, -0.2) is 11.7 Å². The smallest absolute Gasteiger partial charge is 0.248 e. The third-order valence-corrected chi connectivity index (χ3v) is 4.40. The number of benzene rings is 2. The molecule has 0 aromatic heterocycles. The van der Waals surface area contributed by atoms with Crippen molar-refractivity contribution in [3.05, 3.63) is 82.0 Å². The Morgan fingerprint density at radius 2 is 1.67 bits per heavy atom. The molecule has 4 heteroatoms. The predicted molar refractivity (Wildman–Crippen MR) is 112 cm³/mol. The number of hydrogen-bond donors (Lipinski definition) is 1. The summed E-state index contributed by atoms with van der Waals surface area (Å²) < 4.78 is 0. The van der Waals surface area contributed by atoms with Crippen molar-refractivity contribution in [2.24, 2.45) is 0 Å². The number of rotatable bonds is 4. The first-order valence-electron chi connectivity index (χ1n) is 9.11. The normalized spacial score (nSPS) is 14.2. The van der Waals surface area contributed by atoms with Crippen molar-refractivity contribution in [1.82, 2.24) is 5.32 Å². The summed E-state index contributed by atoms with van der Waals surface area (Å²) in [4.78, 5) is 24.2. The quantitative estimate of drug-likeness (QED) is 0.716. The average Bonchev–Trinajstić information content (AvgIpc) is 3.07. The number of Topliss-reactive ketones (excluding diaryl/α,β-unsaturated/α-hetero) is 1. The summed E-state index contributed by atoms with van der Waals surface area (Å²) in [6, 6.07) is 15.1. The minimum atomic E-state index is -0.290. The van der Waals surface area contributed by atoms with Crippen LogP contribution < -0.4 is 5.32 Å². The molecule has 3 rings (SSSR count). The van der Waals surface area contributed by atoms with Crippen molar-refractivity contribution in [1.29, 1.82) is 0 Å². The Kier molecular flexibility index (Phi) is 7.56. The highest BCUT2D eigenvalue weighted by atomic mass is 35.5. The van der Waals surface area contributed by atoms with E-state index in [2.05, 4.69) is 11.4 Å². The molecule has 0 atom stereocenters. The van der Waals surface area contributed by atoms with E-state index in [9.17, 15) is 9.59 Å². The topological polar surface area (TPSA) is 46.2 Å². The fourth-order valence-electron chi connectivity index (χ4n) is 2.88.